The van der Waals surface area contributed by atoms with Crippen LogP contribution in [0.4, 0.5) is 0 Å². The van der Waals surface area contributed by atoms with Crippen LogP contribution in [0.15, 0.2) is 30.3 Å². The van der Waals surface area contributed by atoms with Crippen LogP contribution >= 0.6 is 11.8 Å². The molecule has 0 radical (unpaired) electrons. The average Bonchev–Trinajstić information content (AvgIpc) is 2.16. The van der Waals surface area contributed by atoms with Crippen molar-refractivity contribution in [2.45, 2.75) is 17.9 Å². The van der Waals surface area contributed by atoms with Crippen molar-refractivity contribution in [3.8, 4) is 0 Å². The van der Waals surface area contributed by atoms with Gasteiger partial charge in [0, 0.05) is 5.75 Å². The van der Waals surface area contributed by atoms with Crippen molar-refractivity contribution < 1.29 is 4.79 Å². The maximum atomic E-state index is 10.3. The summed E-state index contributed by atoms with van der Waals surface area (Å²) < 4.78 is 0. The van der Waals surface area contributed by atoms with Crippen molar-refractivity contribution in [2.24, 2.45) is 0 Å². The molecule has 2 heteroatoms. The van der Waals surface area contributed by atoms with Gasteiger partial charge in [-0.15, -0.1) is 11.8 Å². The molecule has 0 aliphatic carbocycles. The van der Waals surface area contributed by atoms with Crippen molar-refractivity contribution in [1.29, 1.82) is 0 Å². The molecule has 0 aromatic heterocycles. The Morgan fingerprint density at radius 3 is 2.67 bits per heavy atom. The van der Waals surface area contributed by atoms with Gasteiger partial charge < -0.3 is 4.79 Å². The summed E-state index contributed by atoms with van der Waals surface area (Å²) in [6.45, 7) is 1.92. The molecule has 0 bridgehead atoms. The smallest absolute Gasteiger partial charge is 0.132 e. The number of hydrogen-bond acceptors (Lipinski definition) is 2. The number of hydrogen-bond donors (Lipinski definition) is 0. The molecule has 0 heterocycles. The summed E-state index contributed by atoms with van der Waals surface area (Å²) in [6, 6.07) is 10.2. The number of aldehydes is 1. The van der Waals surface area contributed by atoms with E-state index in [2.05, 4.69) is 12.1 Å². The summed E-state index contributed by atoms with van der Waals surface area (Å²) in [5, 5.41) is 0.102. The largest absolute Gasteiger partial charge is 0.302 e. The Morgan fingerprint density at radius 2 is 2.08 bits per heavy atom. The fourth-order valence-corrected chi connectivity index (χ4v) is 1.57. The minimum Gasteiger partial charge on any atom is -0.302 e. The second kappa shape index (κ2) is 4.99. The highest BCUT2D eigenvalue weighted by molar-refractivity contribution is 7.99. The summed E-state index contributed by atoms with van der Waals surface area (Å²) in [6.07, 6.45) is 0.980. The van der Waals surface area contributed by atoms with E-state index in [1.54, 1.807) is 11.8 Å². The molecule has 0 fully saturated rings. The van der Waals surface area contributed by atoms with E-state index in [-0.39, 0.29) is 5.25 Å². The van der Waals surface area contributed by atoms with Crippen LogP contribution in [0.3, 0.4) is 0 Å². The molecule has 1 rings (SSSR count). The molecule has 1 unspecified atom stereocenters. The first kappa shape index (κ1) is 9.33. The number of carbonyl (C=O) groups is 1. The predicted molar refractivity (Wildman–Crippen MR) is 53.3 cm³/mol. The highest BCUT2D eigenvalue weighted by Crippen LogP contribution is 2.15. The topological polar surface area (TPSA) is 17.1 Å². The summed E-state index contributed by atoms with van der Waals surface area (Å²) in [5.74, 6) is 0.917. The van der Waals surface area contributed by atoms with Gasteiger partial charge in [-0.2, -0.15) is 0 Å². The van der Waals surface area contributed by atoms with Gasteiger partial charge in [0.15, 0.2) is 0 Å². The van der Waals surface area contributed by atoms with Gasteiger partial charge in [-0.1, -0.05) is 30.3 Å². The van der Waals surface area contributed by atoms with Gasteiger partial charge in [0.25, 0.3) is 0 Å². The van der Waals surface area contributed by atoms with Crippen molar-refractivity contribution in [3.63, 3.8) is 0 Å². The Hall–Kier alpha value is -0.760. The molecule has 0 amide bonds. The highest BCUT2D eigenvalue weighted by Gasteiger charge is 1.99. The van der Waals surface area contributed by atoms with E-state index in [4.69, 9.17) is 0 Å². The molecule has 0 aliphatic heterocycles. The molecule has 0 spiro atoms. The van der Waals surface area contributed by atoms with Crippen molar-refractivity contribution in [1.82, 2.24) is 0 Å². The van der Waals surface area contributed by atoms with Gasteiger partial charge in [0.05, 0.1) is 5.25 Å². The van der Waals surface area contributed by atoms with Crippen LogP contribution < -0.4 is 0 Å². The average molecular weight is 180 g/mol. The number of benzene rings is 1. The highest BCUT2D eigenvalue weighted by atomic mass is 32.2. The lowest BCUT2D eigenvalue weighted by molar-refractivity contribution is -0.107. The summed E-state index contributed by atoms with van der Waals surface area (Å²) in [5.41, 5.74) is 1.27. The second-order valence-corrected chi connectivity index (χ2v) is 4.00. The molecule has 1 aromatic carbocycles. The third kappa shape index (κ3) is 3.09. The lowest BCUT2D eigenvalue weighted by atomic mass is 10.2. The van der Waals surface area contributed by atoms with Crippen LogP contribution in [0.2, 0.25) is 0 Å². The first-order chi connectivity index (χ1) is 5.83. The molecular weight excluding hydrogens is 168 g/mol. The predicted octanol–water partition coefficient (Wildman–Crippen LogP) is 2.51. The van der Waals surface area contributed by atoms with Crippen LogP contribution in [0.5, 0.6) is 0 Å². The van der Waals surface area contributed by atoms with Gasteiger partial charge >= 0.3 is 0 Å². The maximum absolute atomic E-state index is 10.3. The molecule has 0 saturated heterocycles. The number of rotatable bonds is 4. The normalized spacial score (nSPS) is 12.4. The molecule has 0 saturated carbocycles. The van der Waals surface area contributed by atoms with E-state index in [0.29, 0.717) is 0 Å². The van der Waals surface area contributed by atoms with Crippen LogP contribution in [-0.2, 0) is 10.5 Å². The van der Waals surface area contributed by atoms with E-state index in [1.165, 1.54) is 5.56 Å². The standard InChI is InChI=1S/C10H12OS/c1-9(7-11)12-8-10-5-3-2-4-6-10/h2-7,9H,8H2,1H3. The van der Waals surface area contributed by atoms with Crippen molar-refractivity contribution >= 4 is 18.0 Å². The maximum Gasteiger partial charge on any atom is 0.132 e. The summed E-state index contributed by atoms with van der Waals surface area (Å²) in [7, 11) is 0. The Morgan fingerprint density at radius 1 is 1.42 bits per heavy atom. The third-order valence-corrected chi connectivity index (χ3v) is 2.68. The quantitative estimate of drug-likeness (QED) is 0.662. The number of carbonyl (C=O) groups excluding carboxylic acids is 1. The van der Waals surface area contributed by atoms with E-state index < -0.39 is 0 Å². The Kier molecular flexibility index (Phi) is 3.88. The minimum atomic E-state index is 0.102. The van der Waals surface area contributed by atoms with Crippen LogP contribution in [0.25, 0.3) is 0 Å². The first-order valence-electron chi connectivity index (χ1n) is 3.94. The molecular formula is C10H12OS. The van der Waals surface area contributed by atoms with Crippen LogP contribution in [-0.4, -0.2) is 11.5 Å². The molecule has 0 aliphatic rings. The van der Waals surface area contributed by atoms with E-state index in [0.717, 1.165) is 12.0 Å². The minimum absolute atomic E-state index is 0.102. The number of thioether (sulfide) groups is 1. The van der Waals surface area contributed by atoms with Gasteiger partial charge in [-0.3, -0.25) is 0 Å². The first-order valence-corrected chi connectivity index (χ1v) is 4.98. The third-order valence-electron chi connectivity index (χ3n) is 1.55. The fourth-order valence-electron chi connectivity index (χ4n) is 0.841. The van der Waals surface area contributed by atoms with E-state index >= 15 is 0 Å². The molecule has 0 N–H and O–H groups in total. The van der Waals surface area contributed by atoms with E-state index in [1.807, 2.05) is 25.1 Å². The fraction of sp³-hybridized carbons (Fsp3) is 0.300. The molecule has 1 nitrogen and oxygen atoms in total. The SMILES string of the molecule is CC(C=O)SCc1ccccc1. The molecule has 1 aromatic rings. The summed E-state index contributed by atoms with van der Waals surface area (Å²) in [4.78, 5) is 10.3. The monoisotopic (exact) mass is 180 g/mol. The summed E-state index contributed by atoms with van der Waals surface area (Å²) >= 11 is 1.66. The Labute approximate surface area is 77.2 Å². The Bertz CT molecular complexity index is 233. The zero-order valence-corrected chi connectivity index (χ0v) is 7.88. The van der Waals surface area contributed by atoms with Crippen molar-refractivity contribution in [2.75, 3.05) is 0 Å². The molecule has 64 valence electrons. The lowest BCUT2D eigenvalue weighted by Crippen LogP contribution is -1.96. The lowest BCUT2D eigenvalue weighted by Gasteiger charge is -2.02. The zero-order chi connectivity index (χ0) is 8.81. The second-order valence-electron chi connectivity index (χ2n) is 2.64. The Balaban J connectivity index is 2.38. The van der Waals surface area contributed by atoms with Gasteiger partial charge in [-0.25, -0.2) is 0 Å². The van der Waals surface area contributed by atoms with Gasteiger partial charge in [-0.05, 0) is 12.5 Å². The van der Waals surface area contributed by atoms with Gasteiger partial charge in [0.1, 0.15) is 6.29 Å². The molecule has 1 atom stereocenters. The van der Waals surface area contributed by atoms with Crippen LogP contribution in [0, 0.1) is 0 Å². The van der Waals surface area contributed by atoms with Crippen LogP contribution in [0.1, 0.15) is 12.5 Å². The van der Waals surface area contributed by atoms with Gasteiger partial charge in [0.2, 0.25) is 0 Å². The zero-order valence-electron chi connectivity index (χ0n) is 7.07. The van der Waals surface area contributed by atoms with Crippen molar-refractivity contribution in [3.05, 3.63) is 35.9 Å². The molecule has 12 heavy (non-hydrogen) atoms. The van der Waals surface area contributed by atoms with E-state index in [9.17, 15) is 4.79 Å².